The third-order valence-electron chi connectivity index (χ3n) is 2.50. The summed E-state index contributed by atoms with van der Waals surface area (Å²) in [6, 6.07) is 0. The molecule has 2 amide bonds. The first kappa shape index (κ1) is 9.57. The van der Waals surface area contributed by atoms with Crippen LogP contribution in [0.4, 0.5) is 5.95 Å². The Kier molecular flexibility index (Phi) is 1.92. The van der Waals surface area contributed by atoms with Crippen molar-refractivity contribution in [2.24, 2.45) is 7.05 Å². The molecule has 0 radical (unpaired) electrons. The summed E-state index contributed by atoms with van der Waals surface area (Å²) in [5, 5.41) is 3.82. The molecule has 0 N–H and O–H groups in total. The maximum Gasteiger partial charge on any atom is 0.263 e. The molecular weight excluding hydrogens is 196 g/mol. The standard InChI is InChI=1S/C9H10N4O2/c1-5-6(2)8(15)13(7(5)14)9-10-4-11-12(9)3/h4H,1-3H3. The lowest BCUT2D eigenvalue weighted by molar-refractivity contribution is -0.120. The first-order valence-electron chi connectivity index (χ1n) is 4.44. The molecule has 0 saturated carbocycles. The second kappa shape index (κ2) is 3.01. The van der Waals surface area contributed by atoms with E-state index in [0.717, 1.165) is 4.90 Å². The van der Waals surface area contributed by atoms with Crippen LogP contribution in [-0.4, -0.2) is 26.6 Å². The molecule has 1 aromatic rings. The summed E-state index contributed by atoms with van der Waals surface area (Å²) in [5.41, 5.74) is 0.922. The highest BCUT2D eigenvalue weighted by Crippen LogP contribution is 2.23. The number of nitrogens with zero attached hydrogens (tertiary/aromatic N) is 4. The van der Waals surface area contributed by atoms with E-state index in [2.05, 4.69) is 10.1 Å². The summed E-state index contributed by atoms with van der Waals surface area (Å²) < 4.78 is 1.39. The molecule has 2 heterocycles. The molecule has 1 aliphatic heterocycles. The summed E-state index contributed by atoms with van der Waals surface area (Å²) in [6.45, 7) is 3.26. The zero-order chi connectivity index (χ0) is 11.2. The van der Waals surface area contributed by atoms with Gasteiger partial charge in [0.2, 0.25) is 5.95 Å². The Hall–Kier alpha value is -1.98. The van der Waals surface area contributed by atoms with Crippen molar-refractivity contribution in [3.63, 3.8) is 0 Å². The average molecular weight is 206 g/mol. The quantitative estimate of drug-likeness (QED) is 0.608. The Morgan fingerprint density at radius 3 is 2.07 bits per heavy atom. The number of carbonyl (C=O) groups is 2. The van der Waals surface area contributed by atoms with Gasteiger partial charge in [0.25, 0.3) is 11.8 Å². The van der Waals surface area contributed by atoms with Gasteiger partial charge in [-0.15, -0.1) is 0 Å². The summed E-state index contributed by atoms with van der Waals surface area (Å²) in [4.78, 5) is 28.4. The maximum atomic E-state index is 11.7. The van der Waals surface area contributed by atoms with Gasteiger partial charge in [0.05, 0.1) is 0 Å². The van der Waals surface area contributed by atoms with Crippen molar-refractivity contribution in [2.75, 3.05) is 4.90 Å². The first-order valence-corrected chi connectivity index (χ1v) is 4.44. The number of hydrogen-bond donors (Lipinski definition) is 0. The van der Waals surface area contributed by atoms with Crippen molar-refractivity contribution in [2.45, 2.75) is 13.8 Å². The smallest absolute Gasteiger partial charge is 0.263 e. The van der Waals surface area contributed by atoms with Crippen LogP contribution in [0, 0.1) is 0 Å². The molecule has 6 nitrogen and oxygen atoms in total. The number of imide groups is 1. The van der Waals surface area contributed by atoms with Crippen molar-refractivity contribution < 1.29 is 9.59 Å². The average Bonchev–Trinajstić information content (AvgIpc) is 2.68. The molecule has 2 rings (SSSR count). The molecule has 78 valence electrons. The van der Waals surface area contributed by atoms with Gasteiger partial charge in [-0.2, -0.15) is 10.1 Å². The Balaban J connectivity index is 2.48. The summed E-state index contributed by atoms with van der Waals surface area (Å²) in [5.74, 6) is -0.400. The molecule has 0 spiro atoms. The normalized spacial score (nSPS) is 16.9. The van der Waals surface area contributed by atoms with E-state index in [9.17, 15) is 9.59 Å². The number of rotatable bonds is 1. The molecule has 0 atom stereocenters. The van der Waals surface area contributed by atoms with Crippen molar-refractivity contribution in [1.82, 2.24) is 14.8 Å². The highest BCUT2D eigenvalue weighted by Gasteiger charge is 2.36. The fourth-order valence-electron chi connectivity index (χ4n) is 1.42. The molecule has 6 heteroatoms. The predicted molar refractivity (Wildman–Crippen MR) is 51.9 cm³/mol. The van der Waals surface area contributed by atoms with Crippen molar-refractivity contribution >= 4 is 17.8 Å². The lowest BCUT2D eigenvalue weighted by atomic mass is 10.2. The first-order chi connectivity index (χ1) is 7.04. The summed E-state index contributed by atoms with van der Waals surface area (Å²) >= 11 is 0. The zero-order valence-corrected chi connectivity index (χ0v) is 8.68. The maximum absolute atomic E-state index is 11.7. The van der Waals surface area contributed by atoms with Crippen LogP contribution >= 0.6 is 0 Å². The minimum absolute atomic E-state index is 0.251. The third kappa shape index (κ3) is 1.18. The van der Waals surface area contributed by atoms with Gasteiger partial charge in [0.15, 0.2) is 0 Å². The van der Waals surface area contributed by atoms with E-state index in [4.69, 9.17) is 0 Å². The van der Waals surface area contributed by atoms with Gasteiger partial charge >= 0.3 is 0 Å². The zero-order valence-electron chi connectivity index (χ0n) is 8.68. The van der Waals surface area contributed by atoms with E-state index in [1.165, 1.54) is 11.0 Å². The fourth-order valence-corrected chi connectivity index (χ4v) is 1.42. The van der Waals surface area contributed by atoms with E-state index in [-0.39, 0.29) is 17.8 Å². The Bertz CT molecular complexity index is 462. The molecule has 0 aliphatic carbocycles. The number of amides is 2. The van der Waals surface area contributed by atoms with Crippen LogP contribution in [0.25, 0.3) is 0 Å². The van der Waals surface area contributed by atoms with E-state index < -0.39 is 0 Å². The molecule has 15 heavy (non-hydrogen) atoms. The minimum atomic E-state index is -0.325. The fraction of sp³-hybridized carbons (Fsp3) is 0.333. The van der Waals surface area contributed by atoms with Gasteiger partial charge < -0.3 is 0 Å². The van der Waals surface area contributed by atoms with Crippen LogP contribution in [0.1, 0.15) is 13.8 Å². The number of hydrogen-bond acceptors (Lipinski definition) is 4. The van der Waals surface area contributed by atoms with Gasteiger partial charge in [-0.05, 0) is 13.8 Å². The highest BCUT2D eigenvalue weighted by molar-refractivity contribution is 6.31. The van der Waals surface area contributed by atoms with E-state index in [1.54, 1.807) is 20.9 Å². The molecule has 0 bridgehead atoms. The number of carbonyl (C=O) groups excluding carboxylic acids is 2. The van der Waals surface area contributed by atoms with Crippen LogP contribution < -0.4 is 4.90 Å². The Labute approximate surface area is 86.2 Å². The van der Waals surface area contributed by atoms with E-state index in [1.807, 2.05) is 0 Å². The van der Waals surface area contributed by atoms with Crippen molar-refractivity contribution in [3.05, 3.63) is 17.5 Å². The number of aryl methyl sites for hydroxylation is 1. The van der Waals surface area contributed by atoms with Crippen LogP contribution in [-0.2, 0) is 16.6 Å². The topological polar surface area (TPSA) is 68.1 Å². The number of aromatic nitrogens is 3. The monoisotopic (exact) mass is 206 g/mol. The SMILES string of the molecule is CC1=C(C)C(=O)N(c2ncnn2C)C1=O. The third-order valence-corrected chi connectivity index (χ3v) is 2.50. The summed E-state index contributed by atoms with van der Waals surface area (Å²) in [7, 11) is 1.63. The lowest BCUT2D eigenvalue weighted by Crippen LogP contribution is -2.33. The van der Waals surface area contributed by atoms with Crippen molar-refractivity contribution in [1.29, 1.82) is 0 Å². The van der Waals surface area contributed by atoms with Gasteiger partial charge in [-0.25, -0.2) is 9.58 Å². The van der Waals surface area contributed by atoms with Crippen LogP contribution in [0.15, 0.2) is 17.5 Å². The van der Waals surface area contributed by atoms with Gasteiger partial charge in [0, 0.05) is 18.2 Å². The van der Waals surface area contributed by atoms with Crippen LogP contribution in [0.3, 0.4) is 0 Å². The van der Waals surface area contributed by atoms with Gasteiger partial charge in [-0.1, -0.05) is 0 Å². The largest absolute Gasteiger partial charge is 0.268 e. The summed E-state index contributed by atoms with van der Waals surface area (Å²) in [6.07, 6.45) is 1.30. The molecule has 1 aromatic heterocycles. The van der Waals surface area contributed by atoms with Crippen LogP contribution in [0.2, 0.25) is 0 Å². The lowest BCUT2D eigenvalue weighted by Gasteiger charge is -2.12. The van der Waals surface area contributed by atoms with Gasteiger partial charge in [0.1, 0.15) is 6.33 Å². The molecule has 0 saturated heterocycles. The minimum Gasteiger partial charge on any atom is -0.268 e. The van der Waals surface area contributed by atoms with Crippen LogP contribution in [0.5, 0.6) is 0 Å². The van der Waals surface area contributed by atoms with E-state index >= 15 is 0 Å². The predicted octanol–water partition coefficient (Wildman–Crippen LogP) is 0.0247. The number of anilines is 1. The second-order valence-corrected chi connectivity index (χ2v) is 3.38. The van der Waals surface area contributed by atoms with E-state index in [0.29, 0.717) is 11.1 Å². The highest BCUT2D eigenvalue weighted by atomic mass is 16.2. The molecule has 0 aromatic carbocycles. The molecule has 0 fully saturated rings. The molecule has 1 aliphatic rings. The second-order valence-electron chi connectivity index (χ2n) is 3.38. The Morgan fingerprint density at radius 2 is 1.67 bits per heavy atom. The van der Waals surface area contributed by atoms with Crippen molar-refractivity contribution in [3.8, 4) is 0 Å². The van der Waals surface area contributed by atoms with Gasteiger partial charge in [-0.3, -0.25) is 9.59 Å². The molecule has 0 unspecified atom stereocenters. The molecular formula is C9H10N4O2. The Morgan fingerprint density at radius 1 is 1.13 bits per heavy atom.